The van der Waals surface area contributed by atoms with Gasteiger partial charge in [0.15, 0.2) is 11.5 Å². The highest BCUT2D eigenvalue weighted by atomic mass is 16.2. The fourth-order valence-corrected chi connectivity index (χ4v) is 4.60. The molecule has 3 aromatic heterocycles. The van der Waals surface area contributed by atoms with Gasteiger partial charge in [0.25, 0.3) is 11.8 Å². The van der Waals surface area contributed by atoms with Crippen LogP contribution in [0.25, 0.3) is 10.9 Å². The molecular weight excluding hydrogens is 460 g/mol. The Morgan fingerprint density at radius 1 is 1.14 bits per heavy atom. The topological polar surface area (TPSA) is 149 Å². The molecule has 1 fully saturated rings. The summed E-state index contributed by atoms with van der Waals surface area (Å²) in [7, 11) is 3.65. The summed E-state index contributed by atoms with van der Waals surface area (Å²) in [6, 6.07) is 5.42. The molecule has 1 aliphatic heterocycles. The van der Waals surface area contributed by atoms with Gasteiger partial charge < -0.3 is 21.3 Å². The van der Waals surface area contributed by atoms with E-state index in [1.807, 2.05) is 32.2 Å². The van der Waals surface area contributed by atoms with E-state index in [1.165, 1.54) is 0 Å². The predicted octanol–water partition coefficient (Wildman–Crippen LogP) is 1.73. The number of primary amides is 1. The van der Waals surface area contributed by atoms with Crippen molar-refractivity contribution in [1.82, 2.24) is 34.8 Å². The maximum absolute atomic E-state index is 13.1. The van der Waals surface area contributed by atoms with Crippen LogP contribution in [-0.4, -0.2) is 60.0 Å². The number of anilines is 3. The molecule has 0 unspecified atom stereocenters. The number of rotatable bonds is 6. The van der Waals surface area contributed by atoms with E-state index in [9.17, 15) is 9.59 Å². The highest BCUT2D eigenvalue weighted by Gasteiger charge is 2.31. The van der Waals surface area contributed by atoms with E-state index in [-0.39, 0.29) is 29.5 Å². The van der Waals surface area contributed by atoms with Crippen LogP contribution in [0.4, 0.5) is 17.3 Å². The lowest BCUT2D eigenvalue weighted by atomic mass is 9.97. The van der Waals surface area contributed by atoms with Crippen LogP contribution in [0, 0.1) is 0 Å². The molecule has 36 heavy (non-hydrogen) atoms. The van der Waals surface area contributed by atoms with Crippen molar-refractivity contribution in [3.05, 3.63) is 54.2 Å². The number of nitrogens with two attached hydrogens (primary N) is 1. The lowest BCUT2D eigenvalue weighted by molar-refractivity contribution is 0.0923. The number of hydrogen-bond donors (Lipinski definition) is 3. The smallest absolute Gasteiger partial charge is 0.271 e. The number of nitrogens with one attached hydrogen (secondary N) is 2. The number of benzene rings is 1. The molecule has 1 saturated heterocycles. The third-order valence-electron chi connectivity index (χ3n) is 6.57. The van der Waals surface area contributed by atoms with Crippen molar-refractivity contribution in [2.24, 2.45) is 19.8 Å². The van der Waals surface area contributed by atoms with Gasteiger partial charge >= 0.3 is 0 Å². The Morgan fingerprint density at radius 2 is 1.97 bits per heavy atom. The molecule has 0 radical (unpaired) electrons. The molecule has 4 N–H and O–H groups in total. The molecule has 2 atom stereocenters. The first-order valence-corrected chi connectivity index (χ1v) is 11.7. The van der Waals surface area contributed by atoms with Crippen molar-refractivity contribution in [3.8, 4) is 0 Å². The van der Waals surface area contributed by atoms with Crippen molar-refractivity contribution in [1.29, 1.82) is 0 Å². The Labute approximate surface area is 207 Å². The molecule has 0 spiro atoms. The molecule has 4 heterocycles. The molecule has 4 aromatic rings. The molecule has 0 bridgehead atoms. The fourth-order valence-electron chi connectivity index (χ4n) is 4.60. The van der Waals surface area contributed by atoms with E-state index < -0.39 is 5.91 Å². The van der Waals surface area contributed by atoms with Gasteiger partial charge in [-0.1, -0.05) is 6.07 Å². The number of carbonyl (C=O) groups excluding carboxylic acids is 2. The maximum atomic E-state index is 13.1. The number of piperidine rings is 1. The molecule has 0 saturated carbocycles. The Bertz CT molecular complexity index is 1440. The van der Waals surface area contributed by atoms with Gasteiger partial charge in [-0.15, -0.1) is 0 Å². The number of nitrogens with zero attached hydrogens (tertiary/aromatic N) is 7. The number of fused-ring (bicyclic) bond motifs is 1. The predicted molar refractivity (Wildman–Crippen MR) is 135 cm³/mol. The average molecular weight is 489 g/mol. The van der Waals surface area contributed by atoms with Crippen molar-refractivity contribution in [2.45, 2.75) is 31.8 Å². The Balaban J connectivity index is 1.36. The van der Waals surface area contributed by atoms with Crippen LogP contribution in [0.1, 0.15) is 40.6 Å². The molecule has 0 aliphatic carbocycles. The van der Waals surface area contributed by atoms with Crippen molar-refractivity contribution in [3.63, 3.8) is 0 Å². The summed E-state index contributed by atoms with van der Waals surface area (Å²) < 4.78 is 3.39. The lowest BCUT2D eigenvalue weighted by Gasteiger charge is -2.40. The van der Waals surface area contributed by atoms with Crippen molar-refractivity contribution in [2.75, 3.05) is 16.8 Å². The van der Waals surface area contributed by atoms with E-state index in [0.29, 0.717) is 17.1 Å². The number of aromatic nitrogens is 6. The Morgan fingerprint density at radius 3 is 2.72 bits per heavy atom. The van der Waals surface area contributed by atoms with E-state index in [1.54, 1.807) is 41.2 Å². The normalized spacial score (nSPS) is 17.8. The van der Waals surface area contributed by atoms with Crippen LogP contribution < -0.4 is 21.3 Å². The number of aryl methyl sites for hydroxylation is 2. The first kappa shape index (κ1) is 23.3. The minimum absolute atomic E-state index is 0.0441. The highest BCUT2D eigenvalue weighted by Crippen LogP contribution is 2.27. The molecule has 12 nitrogen and oxygen atoms in total. The van der Waals surface area contributed by atoms with Crippen molar-refractivity contribution < 1.29 is 9.59 Å². The average Bonchev–Trinajstić information content (AvgIpc) is 3.44. The molecule has 186 valence electrons. The number of amides is 2. The highest BCUT2D eigenvalue weighted by molar-refractivity contribution is 5.98. The summed E-state index contributed by atoms with van der Waals surface area (Å²) in [5, 5.41) is 15.6. The molecule has 12 heteroatoms. The minimum atomic E-state index is -0.678. The van der Waals surface area contributed by atoms with E-state index in [2.05, 4.69) is 35.7 Å². The first-order valence-electron chi connectivity index (χ1n) is 11.7. The fraction of sp³-hybridized carbons (Fsp3) is 0.333. The lowest BCUT2D eigenvalue weighted by Crippen LogP contribution is -2.54. The quantitative estimate of drug-likeness (QED) is 0.371. The van der Waals surface area contributed by atoms with E-state index in [0.717, 1.165) is 30.3 Å². The van der Waals surface area contributed by atoms with Crippen LogP contribution in [0.5, 0.6) is 0 Å². The van der Waals surface area contributed by atoms with Gasteiger partial charge in [0.2, 0.25) is 0 Å². The second-order valence-electron chi connectivity index (χ2n) is 9.02. The number of carbonyl (C=O) groups is 2. The molecular formula is C24H28N10O2. The summed E-state index contributed by atoms with van der Waals surface area (Å²) in [6.07, 6.45) is 8.41. The summed E-state index contributed by atoms with van der Waals surface area (Å²) >= 11 is 0. The SMILES string of the molecule is C[C@@H]1[C@H](NC(=O)c2ccc3cnn(C)c3c2)CCCN1c1cnc(C(N)=O)c(Nc2cnn(C)c2)n1. The molecule has 1 aliphatic rings. The second kappa shape index (κ2) is 9.29. The Kier molecular flexibility index (Phi) is 6.00. The summed E-state index contributed by atoms with van der Waals surface area (Å²) in [4.78, 5) is 36.1. The molecule has 1 aromatic carbocycles. The standard InChI is InChI=1S/C24H28N10O2/c1-14-18(30-24(36)15-6-7-16-10-28-33(3)19(16)9-15)5-4-8-34(14)20-12-26-21(22(25)35)23(31-20)29-17-11-27-32(2)13-17/h6-7,9-14,18H,4-5,8H2,1-3H3,(H2,25,35)(H,29,31)(H,30,36)/t14-,18-/m1/s1. The van der Waals surface area contributed by atoms with Gasteiger partial charge in [0, 0.05) is 49.9 Å². The summed E-state index contributed by atoms with van der Waals surface area (Å²) in [5.41, 5.74) is 7.72. The van der Waals surface area contributed by atoms with Gasteiger partial charge in [-0.05, 0) is 31.9 Å². The molecule has 2 amide bonds. The minimum Gasteiger partial charge on any atom is -0.364 e. The van der Waals surface area contributed by atoms with Gasteiger partial charge in [-0.25, -0.2) is 9.97 Å². The summed E-state index contributed by atoms with van der Waals surface area (Å²) in [5.74, 6) is 0.0403. The second-order valence-corrected chi connectivity index (χ2v) is 9.02. The zero-order chi connectivity index (χ0) is 25.4. The van der Waals surface area contributed by atoms with Crippen LogP contribution >= 0.6 is 0 Å². The third-order valence-corrected chi connectivity index (χ3v) is 6.57. The van der Waals surface area contributed by atoms with E-state index >= 15 is 0 Å². The summed E-state index contributed by atoms with van der Waals surface area (Å²) in [6.45, 7) is 2.79. The zero-order valence-corrected chi connectivity index (χ0v) is 20.3. The van der Waals surface area contributed by atoms with E-state index in [4.69, 9.17) is 5.73 Å². The van der Waals surface area contributed by atoms with Gasteiger partial charge in [-0.2, -0.15) is 10.2 Å². The van der Waals surface area contributed by atoms with Crippen LogP contribution in [0.15, 0.2) is 43.0 Å². The monoisotopic (exact) mass is 488 g/mol. The Hall–Kier alpha value is -4.48. The van der Waals surface area contributed by atoms with Gasteiger partial charge in [0.1, 0.15) is 5.82 Å². The zero-order valence-electron chi connectivity index (χ0n) is 20.3. The third kappa shape index (κ3) is 4.44. The van der Waals surface area contributed by atoms with Gasteiger partial charge in [-0.3, -0.25) is 19.0 Å². The van der Waals surface area contributed by atoms with Crippen LogP contribution in [-0.2, 0) is 14.1 Å². The first-order chi connectivity index (χ1) is 17.3. The largest absolute Gasteiger partial charge is 0.364 e. The van der Waals surface area contributed by atoms with Gasteiger partial charge in [0.05, 0.1) is 29.8 Å². The number of hydrogen-bond acceptors (Lipinski definition) is 8. The maximum Gasteiger partial charge on any atom is 0.271 e. The molecule has 5 rings (SSSR count). The van der Waals surface area contributed by atoms with Crippen LogP contribution in [0.3, 0.4) is 0 Å². The van der Waals surface area contributed by atoms with Crippen LogP contribution in [0.2, 0.25) is 0 Å². The van der Waals surface area contributed by atoms with Crippen molar-refractivity contribution >= 4 is 40.0 Å².